The van der Waals surface area contributed by atoms with Crippen LogP contribution in [0, 0.1) is 24.5 Å². The number of carbonyl (C=O) groups excluding carboxylic acids is 1. The number of amides is 2. The highest BCUT2D eigenvalue weighted by molar-refractivity contribution is 5.90. The number of hydrogen-bond acceptors (Lipinski definition) is 6. The van der Waals surface area contributed by atoms with E-state index in [1.807, 2.05) is 44.2 Å². The minimum Gasteiger partial charge on any atom is -0.476 e. The van der Waals surface area contributed by atoms with E-state index in [0.717, 1.165) is 50.2 Å². The number of benzene rings is 2. The summed E-state index contributed by atoms with van der Waals surface area (Å²) in [5, 5.41) is 15.6. The number of hydroxylamine groups is 2. The first-order valence-corrected chi connectivity index (χ1v) is 13.9. The molecule has 9 nitrogen and oxygen atoms in total. The molecule has 2 amide bonds. The van der Waals surface area contributed by atoms with Gasteiger partial charge in [0.2, 0.25) is 5.88 Å². The summed E-state index contributed by atoms with van der Waals surface area (Å²) >= 11 is 0. The van der Waals surface area contributed by atoms with E-state index in [1.165, 1.54) is 6.07 Å². The number of nitrogens with zero attached hydrogens (tertiary/aromatic N) is 3. The molecule has 2 aromatic carbocycles. The van der Waals surface area contributed by atoms with Gasteiger partial charge in [-0.1, -0.05) is 31.2 Å². The Morgan fingerprint density at radius 3 is 2.65 bits per heavy atom. The van der Waals surface area contributed by atoms with Crippen LogP contribution < -0.4 is 20.7 Å². The highest BCUT2D eigenvalue weighted by atomic mass is 19.2. The van der Waals surface area contributed by atoms with Gasteiger partial charge in [0.05, 0.1) is 23.9 Å². The van der Waals surface area contributed by atoms with Gasteiger partial charge in [0.25, 0.3) is 0 Å². The molecule has 2 aliphatic heterocycles. The van der Waals surface area contributed by atoms with Crippen LogP contribution in [0.3, 0.4) is 0 Å². The molecule has 11 heteroatoms. The van der Waals surface area contributed by atoms with Crippen LogP contribution in [0.2, 0.25) is 0 Å². The monoisotopic (exact) mass is 554 g/mol. The Hall–Kier alpha value is -3.54. The van der Waals surface area contributed by atoms with Gasteiger partial charge in [0.1, 0.15) is 11.9 Å². The van der Waals surface area contributed by atoms with E-state index in [-0.39, 0.29) is 0 Å². The number of nitrogens with one attached hydrogen (secondary N) is 3. The fraction of sp³-hybridized carbons (Fsp3) is 0.448. The summed E-state index contributed by atoms with van der Waals surface area (Å²) in [6, 6.07) is 12.2. The van der Waals surface area contributed by atoms with Crippen LogP contribution in [-0.4, -0.2) is 59.7 Å². The molecule has 2 fully saturated rings. The van der Waals surface area contributed by atoms with E-state index in [4.69, 9.17) is 9.57 Å². The maximum atomic E-state index is 14.0. The maximum Gasteiger partial charge on any atom is 0.320 e. The van der Waals surface area contributed by atoms with Crippen molar-refractivity contribution in [2.75, 3.05) is 38.1 Å². The quantitative estimate of drug-likeness (QED) is 0.354. The fourth-order valence-electron chi connectivity index (χ4n) is 5.22. The Kier molecular flexibility index (Phi) is 8.93. The molecule has 0 radical (unpaired) electrons. The van der Waals surface area contributed by atoms with Gasteiger partial charge in [-0.05, 0) is 75.0 Å². The number of para-hydroxylation sites is 1. The molecule has 0 unspecified atom stereocenters. The molecule has 0 aliphatic carbocycles. The molecular weight excluding hydrogens is 518 g/mol. The van der Waals surface area contributed by atoms with Crippen LogP contribution >= 0.6 is 0 Å². The van der Waals surface area contributed by atoms with Crippen molar-refractivity contribution >= 4 is 11.8 Å². The second-order valence-corrected chi connectivity index (χ2v) is 10.2. The SMILES string of the molecule is CCN1C[C@@H](NC(=O)Nc2c(C)c(OCCC3CCNCC3)nn2-c2ccccc2)[C@H](c2ccc(F)c(F)c2)O1. The second kappa shape index (κ2) is 12.8. The standard InChI is InChI=1S/C29H36F2N6O3/c1-3-36-18-25(26(40-36)21-9-10-23(30)24(31)17-21)33-29(38)34-27-19(2)28(35-37(27)22-7-5-4-6-8-22)39-16-13-20-11-14-32-15-12-20/h4-10,17,20,25-26,32H,3,11-16,18H2,1-2H3,(H2,33,34,38)/t25-,26+/m1/s1. The molecule has 0 bridgehead atoms. The third-order valence-electron chi connectivity index (χ3n) is 7.50. The van der Waals surface area contributed by atoms with Crippen molar-refractivity contribution in [3.63, 3.8) is 0 Å². The zero-order valence-corrected chi connectivity index (χ0v) is 22.8. The summed E-state index contributed by atoms with van der Waals surface area (Å²) in [5.41, 5.74) is 1.92. The molecule has 2 atom stereocenters. The normalized spacial score (nSPS) is 20.0. The Balaban J connectivity index is 1.32. The van der Waals surface area contributed by atoms with E-state index in [2.05, 4.69) is 21.0 Å². The summed E-state index contributed by atoms with van der Waals surface area (Å²) in [6.45, 7) is 7.35. The van der Waals surface area contributed by atoms with Gasteiger partial charge in [-0.15, -0.1) is 5.10 Å². The van der Waals surface area contributed by atoms with E-state index in [9.17, 15) is 13.6 Å². The Morgan fingerprint density at radius 2 is 1.93 bits per heavy atom. The maximum absolute atomic E-state index is 14.0. The number of ether oxygens (including phenoxy) is 1. The first-order chi connectivity index (χ1) is 19.4. The predicted octanol–water partition coefficient (Wildman–Crippen LogP) is 4.73. The molecule has 3 heterocycles. The summed E-state index contributed by atoms with van der Waals surface area (Å²) in [5.74, 6) is -0.325. The smallest absolute Gasteiger partial charge is 0.320 e. The number of aromatic nitrogens is 2. The van der Waals surface area contributed by atoms with Crippen molar-refractivity contribution in [3.05, 3.63) is 71.3 Å². The van der Waals surface area contributed by atoms with E-state index in [0.29, 0.717) is 48.4 Å². The lowest BCUT2D eigenvalue weighted by molar-refractivity contribution is -0.144. The molecule has 0 spiro atoms. The third-order valence-corrected chi connectivity index (χ3v) is 7.50. The minimum absolute atomic E-state index is 0.384. The average molecular weight is 555 g/mol. The molecule has 2 aliphatic rings. The molecule has 1 aromatic heterocycles. The summed E-state index contributed by atoms with van der Waals surface area (Å²) in [4.78, 5) is 19.2. The van der Waals surface area contributed by atoms with Crippen LogP contribution in [0.5, 0.6) is 5.88 Å². The number of rotatable bonds is 9. The van der Waals surface area contributed by atoms with Crippen molar-refractivity contribution in [1.29, 1.82) is 0 Å². The van der Waals surface area contributed by atoms with Crippen LogP contribution in [0.1, 0.15) is 43.4 Å². The number of likely N-dealkylation sites (N-methyl/N-ethyl adjacent to an activating group) is 1. The van der Waals surface area contributed by atoms with Crippen molar-refractivity contribution in [3.8, 4) is 11.6 Å². The number of piperidine rings is 1. The number of urea groups is 1. The third kappa shape index (κ3) is 6.43. The van der Waals surface area contributed by atoms with Crippen LogP contribution in [0.15, 0.2) is 48.5 Å². The fourth-order valence-corrected chi connectivity index (χ4v) is 5.22. The Labute approximate surface area is 232 Å². The molecule has 214 valence electrons. The minimum atomic E-state index is -0.964. The van der Waals surface area contributed by atoms with Crippen molar-refractivity contribution in [2.24, 2.45) is 5.92 Å². The zero-order valence-electron chi connectivity index (χ0n) is 22.8. The Morgan fingerprint density at radius 1 is 1.15 bits per heavy atom. The zero-order chi connectivity index (χ0) is 28.1. The molecule has 40 heavy (non-hydrogen) atoms. The average Bonchev–Trinajstić information content (AvgIpc) is 3.52. The second-order valence-electron chi connectivity index (χ2n) is 10.2. The van der Waals surface area contributed by atoms with Gasteiger partial charge < -0.3 is 15.4 Å². The number of halogens is 2. The molecular formula is C29H36F2N6O3. The van der Waals surface area contributed by atoms with E-state index >= 15 is 0 Å². The summed E-state index contributed by atoms with van der Waals surface area (Å²) in [7, 11) is 0. The van der Waals surface area contributed by atoms with Gasteiger partial charge in [-0.25, -0.2) is 18.3 Å². The molecule has 5 rings (SSSR count). The summed E-state index contributed by atoms with van der Waals surface area (Å²) < 4.78 is 35.3. The Bertz CT molecular complexity index is 1300. The number of hydrogen-bond donors (Lipinski definition) is 3. The molecule has 3 aromatic rings. The topological polar surface area (TPSA) is 92.7 Å². The lowest BCUT2D eigenvalue weighted by Gasteiger charge is -2.22. The van der Waals surface area contributed by atoms with Gasteiger partial charge in [0.15, 0.2) is 11.6 Å². The summed E-state index contributed by atoms with van der Waals surface area (Å²) in [6.07, 6.45) is 2.55. The van der Waals surface area contributed by atoms with Crippen LogP contribution in [0.4, 0.5) is 19.4 Å². The molecule has 2 saturated heterocycles. The predicted molar refractivity (Wildman–Crippen MR) is 147 cm³/mol. The highest BCUT2D eigenvalue weighted by Gasteiger charge is 2.36. The van der Waals surface area contributed by atoms with E-state index in [1.54, 1.807) is 9.75 Å². The molecule has 3 N–H and O–H groups in total. The highest BCUT2D eigenvalue weighted by Crippen LogP contribution is 2.32. The largest absolute Gasteiger partial charge is 0.476 e. The van der Waals surface area contributed by atoms with Crippen LogP contribution in [0.25, 0.3) is 5.69 Å². The lowest BCUT2D eigenvalue weighted by atomic mass is 9.95. The van der Waals surface area contributed by atoms with Gasteiger partial charge in [-0.2, -0.15) is 5.06 Å². The van der Waals surface area contributed by atoms with Crippen molar-refractivity contribution < 1.29 is 23.1 Å². The van der Waals surface area contributed by atoms with Gasteiger partial charge in [0, 0.05) is 13.1 Å². The first kappa shape index (κ1) is 28.0. The number of anilines is 1. The lowest BCUT2D eigenvalue weighted by Crippen LogP contribution is -2.42. The van der Waals surface area contributed by atoms with E-state index < -0.39 is 29.8 Å². The number of carbonyl (C=O) groups is 1. The van der Waals surface area contributed by atoms with Gasteiger partial charge >= 0.3 is 6.03 Å². The first-order valence-electron chi connectivity index (χ1n) is 13.9. The van der Waals surface area contributed by atoms with Crippen LogP contribution in [-0.2, 0) is 4.84 Å². The van der Waals surface area contributed by atoms with Gasteiger partial charge in [-0.3, -0.25) is 10.2 Å². The van der Waals surface area contributed by atoms with Crippen molar-refractivity contribution in [2.45, 2.75) is 45.3 Å². The molecule has 0 saturated carbocycles. The van der Waals surface area contributed by atoms with Crippen molar-refractivity contribution in [1.82, 2.24) is 25.5 Å².